The first-order chi connectivity index (χ1) is 12.8. The lowest BCUT2D eigenvalue weighted by atomic mass is 10.0. The molecule has 0 N–H and O–H groups in total. The number of non-ortho nitro benzene ring substituents is 1. The smallest absolute Gasteiger partial charge is 0.272 e. The van der Waals surface area contributed by atoms with Gasteiger partial charge in [0.25, 0.3) is 5.69 Å². The van der Waals surface area contributed by atoms with Crippen LogP contribution >= 0.6 is 0 Å². The lowest BCUT2D eigenvalue weighted by Crippen LogP contribution is -2.11. The minimum absolute atomic E-state index is 0.0922. The Balaban J connectivity index is 1.89. The van der Waals surface area contributed by atoms with E-state index in [0.717, 1.165) is 22.9 Å². The number of rotatable bonds is 5. The molecule has 6 heteroatoms. The second kappa shape index (κ2) is 7.15. The molecule has 27 heavy (non-hydrogen) atoms. The molecule has 0 aliphatic rings. The first-order valence-electron chi connectivity index (χ1n) is 8.47. The Morgan fingerprint density at radius 1 is 1.11 bits per heavy atom. The normalized spacial score (nSPS) is 10.8. The van der Waals surface area contributed by atoms with Crippen molar-refractivity contribution < 1.29 is 14.1 Å². The van der Waals surface area contributed by atoms with Gasteiger partial charge in [-0.25, -0.2) is 4.39 Å². The third-order valence-corrected chi connectivity index (χ3v) is 4.70. The molecular formula is C21H19FN2O3. The van der Waals surface area contributed by atoms with Gasteiger partial charge in [0.2, 0.25) is 5.78 Å². The summed E-state index contributed by atoms with van der Waals surface area (Å²) >= 11 is 0. The van der Waals surface area contributed by atoms with Crippen LogP contribution in [0.1, 0.15) is 38.4 Å². The quantitative estimate of drug-likeness (QED) is 0.379. The van der Waals surface area contributed by atoms with Crippen molar-refractivity contribution in [1.29, 1.82) is 0 Å². The Morgan fingerprint density at radius 2 is 1.85 bits per heavy atom. The highest BCUT2D eigenvalue weighted by atomic mass is 19.1. The zero-order chi connectivity index (χ0) is 19.7. The van der Waals surface area contributed by atoms with Gasteiger partial charge in [0.15, 0.2) is 0 Å². The monoisotopic (exact) mass is 366 g/mol. The van der Waals surface area contributed by atoms with Gasteiger partial charge in [0.1, 0.15) is 5.82 Å². The van der Waals surface area contributed by atoms with E-state index in [1.165, 1.54) is 12.1 Å². The first kappa shape index (κ1) is 18.5. The zero-order valence-electron chi connectivity index (χ0n) is 15.3. The topological polar surface area (TPSA) is 65.1 Å². The van der Waals surface area contributed by atoms with E-state index in [9.17, 15) is 19.3 Å². The lowest BCUT2D eigenvalue weighted by molar-refractivity contribution is -0.385. The van der Waals surface area contributed by atoms with Crippen LogP contribution in [0, 0.1) is 29.8 Å². The molecule has 0 fully saturated rings. The Labute approximate surface area is 156 Å². The first-order valence-corrected chi connectivity index (χ1v) is 8.47. The van der Waals surface area contributed by atoms with Gasteiger partial charge >= 0.3 is 0 Å². The van der Waals surface area contributed by atoms with E-state index in [0.29, 0.717) is 16.8 Å². The fraction of sp³-hybridized carbons (Fsp3) is 0.190. The number of benzene rings is 2. The van der Waals surface area contributed by atoms with Gasteiger partial charge in [-0.15, -0.1) is 0 Å². The van der Waals surface area contributed by atoms with E-state index < -0.39 is 10.7 Å². The molecule has 0 aliphatic heterocycles. The average Bonchev–Trinajstić information content (AvgIpc) is 2.96. The molecule has 1 heterocycles. The van der Waals surface area contributed by atoms with Crippen molar-refractivity contribution in [1.82, 2.24) is 4.57 Å². The number of carbonyl (C=O) groups is 1. The van der Waals surface area contributed by atoms with Crippen molar-refractivity contribution in [3.63, 3.8) is 0 Å². The van der Waals surface area contributed by atoms with Gasteiger partial charge in [-0.05, 0) is 43.2 Å². The van der Waals surface area contributed by atoms with Crippen molar-refractivity contribution >= 4 is 11.5 Å². The van der Waals surface area contributed by atoms with Crippen LogP contribution in [0.15, 0.2) is 48.5 Å². The molecule has 0 aliphatic carbocycles. The van der Waals surface area contributed by atoms with Crippen molar-refractivity contribution in [2.45, 2.75) is 20.3 Å². The molecule has 0 spiro atoms. The largest absolute Gasteiger partial charge is 0.345 e. The molecule has 0 atom stereocenters. The molecule has 0 radical (unpaired) electrons. The summed E-state index contributed by atoms with van der Waals surface area (Å²) in [6.07, 6.45) is 0.237. The lowest BCUT2D eigenvalue weighted by Gasteiger charge is -2.10. The fourth-order valence-electron chi connectivity index (χ4n) is 3.15. The van der Waals surface area contributed by atoms with Crippen LogP contribution in [0.5, 0.6) is 0 Å². The highest BCUT2D eigenvalue weighted by Crippen LogP contribution is 2.22. The van der Waals surface area contributed by atoms with Gasteiger partial charge in [-0.1, -0.05) is 23.8 Å². The maximum absolute atomic E-state index is 14.2. The summed E-state index contributed by atoms with van der Waals surface area (Å²) < 4.78 is 15.9. The number of nitrogens with zero attached hydrogens (tertiary/aromatic N) is 2. The van der Waals surface area contributed by atoms with E-state index in [2.05, 4.69) is 0 Å². The third-order valence-electron chi connectivity index (χ3n) is 4.70. The van der Waals surface area contributed by atoms with Crippen LogP contribution < -0.4 is 0 Å². The number of carbonyl (C=O) groups excluding carboxylic acids is 1. The Kier molecular flexibility index (Phi) is 4.90. The number of nitro benzene ring substituents is 1. The summed E-state index contributed by atoms with van der Waals surface area (Å²) in [5.74, 6) is -0.724. The number of hydrogen-bond acceptors (Lipinski definition) is 3. The van der Waals surface area contributed by atoms with E-state index in [1.807, 2.05) is 32.0 Å². The summed E-state index contributed by atoms with van der Waals surface area (Å²) in [5.41, 5.74) is 3.94. The summed E-state index contributed by atoms with van der Waals surface area (Å²) in [6, 6.07) is 12.8. The van der Waals surface area contributed by atoms with E-state index in [4.69, 9.17) is 0 Å². The minimum atomic E-state index is -0.632. The van der Waals surface area contributed by atoms with E-state index in [-0.39, 0.29) is 17.9 Å². The highest BCUT2D eigenvalue weighted by molar-refractivity contribution is 6.09. The van der Waals surface area contributed by atoms with Crippen molar-refractivity contribution in [3.8, 4) is 0 Å². The predicted octanol–water partition coefficient (Wildman–Crippen LogP) is 4.51. The molecule has 5 nitrogen and oxygen atoms in total. The molecule has 0 saturated carbocycles. The molecule has 0 bridgehead atoms. The summed E-state index contributed by atoms with van der Waals surface area (Å²) in [5, 5.41) is 10.7. The van der Waals surface area contributed by atoms with Gasteiger partial charge in [0.05, 0.1) is 16.7 Å². The molecule has 0 amide bonds. The minimum Gasteiger partial charge on any atom is -0.345 e. The molecule has 2 aromatic carbocycles. The number of ketones is 1. The van der Waals surface area contributed by atoms with Gasteiger partial charge < -0.3 is 4.57 Å². The number of aromatic nitrogens is 1. The van der Waals surface area contributed by atoms with Crippen LogP contribution in [0.3, 0.4) is 0 Å². The summed E-state index contributed by atoms with van der Waals surface area (Å²) in [4.78, 5) is 23.0. The maximum atomic E-state index is 14.2. The molecule has 0 unspecified atom stereocenters. The summed E-state index contributed by atoms with van der Waals surface area (Å²) in [6.45, 7) is 3.87. The van der Waals surface area contributed by atoms with Gasteiger partial charge in [0, 0.05) is 30.8 Å². The molecular weight excluding hydrogens is 347 g/mol. The number of aryl methyl sites for hydroxylation is 2. The van der Waals surface area contributed by atoms with Crippen LogP contribution in [-0.2, 0) is 13.5 Å². The van der Waals surface area contributed by atoms with Crippen molar-refractivity contribution in [3.05, 3.63) is 98.1 Å². The van der Waals surface area contributed by atoms with Crippen LogP contribution in [-0.4, -0.2) is 15.3 Å². The third kappa shape index (κ3) is 3.65. The Morgan fingerprint density at radius 3 is 2.48 bits per heavy atom. The Hall–Kier alpha value is -3.28. The van der Waals surface area contributed by atoms with Crippen LogP contribution in [0.4, 0.5) is 10.1 Å². The SMILES string of the molecule is Cc1ccc(C(=O)c2ccc(Cc3ccc([N+](=O)[O-])cc3F)n2C)c(C)c1. The molecule has 3 aromatic rings. The number of hydrogen-bond donors (Lipinski definition) is 0. The molecule has 1 aromatic heterocycles. The predicted molar refractivity (Wildman–Crippen MR) is 101 cm³/mol. The number of nitro groups is 1. The van der Waals surface area contributed by atoms with Crippen molar-refractivity contribution in [2.75, 3.05) is 0 Å². The molecule has 3 rings (SSSR count). The van der Waals surface area contributed by atoms with Gasteiger partial charge in [-0.2, -0.15) is 0 Å². The Bertz CT molecular complexity index is 1050. The average molecular weight is 366 g/mol. The second-order valence-corrected chi connectivity index (χ2v) is 6.63. The summed E-state index contributed by atoms with van der Waals surface area (Å²) in [7, 11) is 1.76. The molecule has 0 saturated heterocycles. The highest BCUT2D eigenvalue weighted by Gasteiger charge is 2.18. The standard InChI is InChI=1S/C21H19FN2O3/c1-13-4-8-18(14(2)10-13)21(25)20-9-7-16(23(20)3)11-15-5-6-17(24(26)27)12-19(15)22/h4-10,12H,11H2,1-3H3. The number of halogens is 1. The van der Waals surface area contributed by atoms with Crippen LogP contribution in [0.25, 0.3) is 0 Å². The molecule has 138 valence electrons. The van der Waals surface area contributed by atoms with Gasteiger partial charge in [-0.3, -0.25) is 14.9 Å². The van der Waals surface area contributed by atoms with Crippen molar-refractivity contribution in [2.24, 2.45) is 7.05 Å². The van der Waals surface area contributed by atoms with E-state index in [1.54, 1.807) is 23.7 Å². The maximum Gasteiger partial charge on any atom is 0.272 e. The zero-order valence-corrected chi connectivity index (χ0v) is 15.3. The van der Waals surface area contributed by atoms with E-state index >= 15 is 0 Å². The second-order valence-electron chi connectivity index (χ2n) is 6.63. The fourth-order valence-corrected chi connectivity index (χ4v) is 3.15. The van der Waals surface area contributed by atoms with Crippen LogP contribution in [0.2, 0.25) is 0 Å².